The van der Waals surface area contributed by atoms with E-state index in [4.69, 9.17) is 4.74 Å². The van der Waals surface area contributed by atoms with Crippen molar-refractivity contribution < 1.29 is 9.53 Å². The maximum absolute atomic E-state index is 11.5. The summed E-state index contributed by atoms with van der Waals surface area (Å²) in [5, 5.41) is 1.06. The summed E-state index contributed by atoms with van der Waals surface area (Å²) in [5.74, 6) is 0. The van der Waals surface area contributed by atoms with Gasteiger partial charge in [-0.2, -0.15) is 0 Å². The third kappa shape index (κ3) is 3.93. The average Bonchev–Trinajstić information content (AvgIpc) is 2.37. The lowest BCUT2D eigenvalue weighted by molar-refractivity contribution is 0.0497. The molecule has 0 aliphatic rings. The monoisotopic (exact) mass is 273 g/mol. The number of carbonyl (C=O) groups excluding carboxylic acids is 1. The van der Waals surface area contributed by atoms with Gasteiger partial charge in [-0.15, -0.1) is 0 Å². The quantitative estimate of drug-likeness (QED) is 0.844. The number of nitrogens with zero attached hydrogens (tertiary/aromatic N) is 1. The molecule has 106 valence electrons. The van der Waals surface area contributed by atoms with Gasteiger partial charge in [0.25, 0.3) is 0 Å². The predicted molar refractivity (Wildman–Crippen MR) is 78.0 cm³/mol. The number of hydrogen-bond acceptors (Lipinski definition) is 4. The van der Waals surface area contributed by atoms with Gasteiger partial charge in [-0.25, -0.2) is 10.2 Å². The minimum Gasteiger partial charge on any atom is -0.443 e. The van der Waals surface area contributed by atoms with Crippen LogP contribution in [0.2, 0.25) is 0 Å². The van der Waals surface area contributed by atoms with E-state index in [1.165, 1.54) is 0 Å². The summed E-state index contributed by atoms with van der Waals surface area (Å²) in [6.07, 6.45) is 1.27. The van der Waals surface area contributed by atoms with Gasteiger partial charge < -0.3 is 4.74 Å². The minimum atomic E-state index is -0.505. The molecule has 2 N–H and O–H groups in total. The first-order valence-corrected chi connectivity index (χ1v) is 6.50. The van der Waals surface area contributed by atoms with Crippen molar-refractivity contribution in [2.75, 3.05) is 0 Å². The molecule has 0 atom stereocenters. The van der Waals surface area contributed by atoms with Crippen molar-refractivity contribution in [3.8, 4) is 0 Å². The van der Waals surface area contributed by atoms with Crippen molar-refractivity contribution in [3.05, 3.63) is 42.1 Å². The van der Waals surface area contributed by atoms with Crippen LogP contribution >= 0.6 is 0 Å². The molecule has 0 spiro atoms. The van der Waals surface area contributed by atoms with Crippen molar-refractivity contribution >= 4 is 17.0 Å². The van der Waals surface area contributed by atoms with Crippen LogP contribution in [0.15, 0.2) is 36.5 Å². The van der Waals surface area contributed by atoms with Gasteiger partial charge in [0.2, 0.25) is 0 Å². The molecule has 5 nitrogen and oxygen atoms in total. The molecule has 1 amide bonds. The summed E-state index contributed by atoms with van der Waals surface area (Å²) in [4.78, 5) is 15.8. The van der Waals surface area contributed by atoms with E-state index in [9.17, 15) is 4.79 Å². The van der Waals surface area contributed by atoms with Crippen LogP contribution in [0.25, 0.3) is 10.9 Å². The number of benzene rings is 1. The minimum absolute atomic E-state index is 0.490. The molecule has 20 heavy (non-hydrogen) atoms. The largest absolute Gasteiger partial charge is 0.443 e. The van der Waals surface area contributed by atoms with Crippen LogP contribution in [0.5, 0.6) is 0 Å². The molecule has 0 unspecified atom stereocenters. The van der Waals surface area contributed by atoms with E-state index in [1.54, 1.807) is 6.20 Å². The molecule has 2 rings (SSSR count). The molecule has 0 radical (unpaired) electrons. The Morgan fingerprint density at radius 1 is 1.25 bits per heavy atom. The Labute approximate surface area is 118 Å². The van der Waals surface area contributed by atoms with Crippen LogP contribution in [0.4, 0.5) is 4.79 Å². The summed E-state index contributed by atoms with van der Waals surface area (Å²) in [7, 11) is 0. The van der Waals surface area contributed by atoms with Crippen molar-refractivity contribution in [1.82, 2.24) is 15.8 Å². The zero-order chi connectivity index (χ0) is 14.6. The Hall–Kier alpha value is -2.14. The summed E-state index contributed by atoms with van der Waals surface area (Å²) in [6.45, 7) is 5.97. The van der Waals surface area contributed by atoms with Crippen LogP contribution in [-0.2, 0) is 11.3 Å². The van der Waals surface area contributed by atoms with Gasteiger partial charge in [0.05, 0.1) is 5.52 Å². The second-order valence-electron chi connectivity index (χ2n) is 5.47. The van der Waals surface area contributed by atoms with E-state index in [-0.39, 0.29) is 0 Å². The van der Waals surface area contributed by atoms with Crippen molar-refractivity contribution in [1.29, 1.82) is 0 Å². The number of pyridine rings is 1. The first-order valence-electron chi connectivity index (χ1n) is 6.50. The third-order valence-corrected chi connectivity index (χ3v) is 2.61. The van der Waals surface area contributed by atoms with E-state index < -0.39 is 11.7 Å². The molecular weight excluding hydrogens is 254 g/mol. The standard InChI is InChI=1S/C15H19N3O2/c1-15(2,3)20-14(19)18-17-10-11-8-9-16-13-7-5-4-6-12(11)13/h4-9,17H,10H2,1-3H3,(H,18,19). The highest BCUT2D eigenvalue weighted by atomic mass is 16.6. The smallest absolute Gasteiger partial charge is 0.422 e. The fourth-order valence-corrected chi connectivity index (χ4v) is 1.82. The summed E-state index contributed by atoms with van der Waals surface area (Å²) < 4.78 is 5.14. The molecule has 1 aromatic carbocycles. The highest BCUT2D eigenvalue weighted by molar-refractivity contribution is 5.81. The predicted octanol–water partition coefficient (Wildman–Crippen LogP) is 2.76. The molecule has 1 heterocycles. The summed E-state index contributed by atoms with van der Waals surface area (Å²) >= 11 is 0. The average molecular weight is 273 g/mol. The number of hydrogen-bond donors (Lipinski definition) is 2. The van der Waals surface area contributed by atoms with Crippen molar-refractivity contribution in [3.63, 3.8) is 0 Å². The molecule has 0 fully saturated rings. The van der Waals surface area contributed by atoms with E-state index in [1.807, 2.05) is 51.1 Å². The molecular formula is C15H19N3O2. The first-order chi connectivity index (χ1) is 9.46. The number of amides is 1. The van der Waals surface area contributed by atoms with Crippen LogP contribution in [0.1, 0.15) is 26.3 Å². The number of para-hydroxylation sites is 1. The highest BCUT2D eigenvalue weighted by Gasteiger charge is 2.15. The van der Waals surface area contributed by atoms with Gasteiger partial charge >= 0.3 is 6.09 Å². The molecule has 0 aliphatic heterocycles. The molecule has 1 aromatic heterocycles. The first kappa shape index (κ1) is 14.3. The fourth-order valence-electron chi connectivity index (χ4n) is 1.82. The SMILES string of the molecule is CC(C)(C)OC(=O)NNCc1ccnc2ccccc12. The second-order valence-corrected chi connectivity index (χ2v) is 5.47. The fraction of sp³-hybridized carbons (Fsp3) is 0.333. The molecule has 2 aromatic rings. The van der Waals surface area contributed by atoms with Gasteiger partial charge in [-0.1, -0.05) is 18.2 Å². The number of ether oxygens (including phenoxy) is 1. The van der Waals surface area contributed by atoms with Crippen LogP contribution in [-0.4, -0.2) is 16.7 Å². The maximum Gasteiger partial charge on any atom is 0.422 e. The van der Waals surface area contributed by atoms with Crippen molar-refractivity contribution in [2.24, 2.45) is 0 Å². The zero-order valence-electron chi connectivity index (χ0n) is 11.9. The molecule has 0 aliphatic carbocycles. The number of hydrazine groups is 1. The number of fused-ring (bicyclic) bond motifs is 1. The lowest BCUT2D eigenvalue weighted by atomic mass is 10.1. The third-order valence-electron chi connectivity index (χ3n) is 2.61. The van der Waals surface area contributed by atoms with Gasteiger partial charge in [-0.05, 0) is 38.5 Å². The van der Waals surface area contributed by atoms with E-state index in [0.29, 0.717) is 6.54 Å². The van der Waals surface area contributed by atoms with Crippen LogP contribution < -0.4 is 10.9 Å². The Morgan fingerprint density at radius 3 is 2.75 bits per heavy atom. The summed E-state index contributed by atoms with van der Waals surface area (Å²) in [5.41, 5.74) is 6.88. The Morgan fingerprint density at radius 2 is 2.00 bits per heavy atom. The molecule has 0 saturated heterocycles. The number of nitrogens with one attached hydrogen (secondary N) is 2. The Bertz CT molecular complexity index is 600. The zero-order valence-corrected chi connectivity index (χ0v) is 11.9. The number of carbonyl (C=O) groups is 1. The van der Waals surface area contributed by atoms with Gasteiger partial charge in [0.1, 0.15) is 5.60 Å². The maximum atomic E-state index is 11.5. The number of rotatable bonds is 3. The van der Waals surface area contributed by atoms with Gasteiger partial charge in [0, 0.05) is 18.1 Å². The molecule has 0 saturated carbocycles. The molecule has 0 bridgehead atoms. The normalized spacial score (nSPS) is 11.3. The second kappa shape index (κ2) is 5.88. The lowest BCUT2D eigenvalue weighted by Crippen LogP contribution is -2.40. The molecule has 5 heteroatoms. The van der Waals surface area contributed by atoms with Gasteiger partial charge in [-0.3, -0.25) is 10.4 Å². The summed E-state index contributed by atoms with van der Waals surface area (Å²) in [6, 6.07) is 9.80. The topological polar surface area (TPSA) is 63.2 Å². The lowest BCUT2D eigenvalue weighted by Gasteiger charge is -2.19. The highest BCUT2D eigenvalue weighted by Crippen LogP contribution is 2.15. The van der Waals surface area contributed by atoms with Crippen LogP contribution in [0, 0.1) is 0 Å². The van der Waals surface area contributed by atoms with Gasteiger partial charge in [0.15, 0.2) is 0 Å². The number of aromatic nitrogens is 1. The van der Waals surface area contributed by atoms with Crippen molar-refractivity contribution in [2.45, 2.75) is 32.9 Å². The van der Waals surface area contributed by atoms with E-state index in [2.05, 4.69) is 15.8 Å². The van der Waals surface area contributed by atoms with E-state index >= 15 is 0 Å². The Balaban J connectivity index is 1.95. The van der Waals surface area contributed by atoms with E-state index in [0.717, 1.165) is 16.5 Å². The Kier molecular flexibility index (Phi) is 4.20. The van der Waals surface area contributed by atoms with Crippen LogP contribution in [0.3, 0.4) is 0 Å².